The van der Waals surface area contributed by atoms with Crippen LogP contribution in [-0.4, -0.2) is 30.2 Å². The first kappa shape index (κ1) is 13.9. The molecule has 110 valence electrons. The molecule has 0 saturated carbocycles. The van der Waals surface area contributed by atoms with Gasteiger partial charge >= 0.3 is 0 Å². The van der Waals surface area contributed by atoms with Crippen LogP contribution in [0.5, 0.6) is 0 Å². The molecule has 3 rings (SSSR count). The number of nitrogens with zero attached hydrogens (tertiary/aromatic N) is 2. The SMILES string of the molecule is Cc1cc(C(=O)N[C@@H]2CCN(c3cccc(Cl)c3)C2)no1. The first-order valence-electron chi connectivity index (χ1n) is 6.86. The van der Waals surface area contributed by atoms with Crippen LogP contribution in [0.4, 0.5) is 5.69 Å². The lowest BCUT2D eigenvalue weighted by Crippen LogP contribution is -2.37. The fraction of sp³-hybridized carbons (Fsp3) is 0.333. The summed E-state index contributed by atoms with van der Waals surface area (Å²) in [5.74, 6) is 0.442. The Kier molecular flexibility index (Phi) is 3.84. The summed E-state index contributed by atoms with van der Waals surface area (Å²) in [6.07, 6.45) is 0.898. The Morgan fingerprint density at radius 3 is 3.05 bits per heavy atom. The van der Waals surface area contributed by atoms with E-state index in [-0.39, 0.29) is 11.9 Å². The number of aryl methyl sites for hydroxylation is 1. The lowest BCUT2D eigenvalue weighted by molar-refractivity contribution is 0.0931. The van der Waals surface area contributed by atoms with Gasteiger partial charge in [-0.1, -0.05) is 22.8 Å². The summed E-state index contributed by atoms with van der Waals surface area (Å²) in [5, 5.41) is 7.44. The highest BCUT2D eigenvalue weighted by Gasteiger charge is 2.25. The third-order valence-electron chi connectivity index (χ3n) is 3.56. The van der Waals surface area contributed by atoms with Crippen molar-refractivity contribution in [3.63, 3.8) is 0 Å². The molecule has 0 spiro atoms. The highest BCUT2D eigenvalue weighted by Crippen LogP contribution is 2.23. The Morgan fingerprint density at radius 1 is 1.48 bits per heavy atom. The van der Waals surface area contributed by atoms with Gasteiger partial charge in [-0.25, -0.2) is 0 Å². The third kappa shape index (κ3) is 3.19. The number of benzene rings is 1. The monoisotopic (exact) mass is 305 g/mol. The highest BCUT2D eigenvalue weighted by molar-refractivity contribution is 6.30. The van der Waals surface area contributed by atoms with Crippen molar-refractivity contribution in [2.45, 2.75) is 19.4 Å². The molecule has 5 nitrogen and oxygen atoms in total. The van der Waals surface area contributed by atoms with Crippen molar-refractivity contribution in [2.75, 3.05) is 18.0 Å². The molecule has 1 N–H and O–H groups in total. The predicted molar refractivity (Wildman–Crippen MR) is 80.8 cm³/mol. The van der Waals surface area contributed by atoms with Crippen LogP contribution in [0.15, 0.2) is 34.9 Å². The number of anilines is 1. The first-order chi connectivity index (χ1) is 10.1. The molecule has 0 bridgehead atoms. The van der Waals surface area contributed by atoms with Gasteiger partial charge in [-0.15, -0.1) is 0 Å². The van der Waals surface area contributed by atoms with E-state index in [1.54, 1.807) is 13.0 Å². The predicted octanol–water partition coefficient (Wildman–Crippen LogP) is 2.65. The minimum Gasteiger partial charge on any atom is -0.369 e. The molecule has 0 aliphatic carbocycles. The van der Waals surface area contributed by atoms with Crippen LogP contribution >= 0.6 is 11.6 Å². The van der Waals surface area contributed by atoms with Gasteiger partial charge in [0.1, 0.15) is 5.76 Å². The summed E-state index contributed by atoms with van der Waals surface area (Å²) < 4.78 is 4.92. The van der Waals surface area contributed by atoms with Crippen LogP contribution in [-0.2, 0) is 0 Å². The molecular weight excluding hydrogens is 290 g/mol. The number of nitrogens with one attached hydrogen (secondary N) is 1. The van der Waals surface area contributed by atoms with Crippen molar-refractivity contribution in [1.82, 2.24) is 10.5 Å². The molecule has 1 aromatic carbocycles. The van der Waals surface area contributed by atoms with Gasteiger partial charge in [-0.05, 0) is 31.5 Å². The Balaban J connectivity index is 1.61. The zero-order valence-corrected chi connectivity index (χ0v) is 12.4. The van der Waals surface area contributed by atoms with E-state index in [2.05, 4.69) is 15.4 Å². The van der Waals surface area contributed by atoms with Crippen molar-refractivity contribution >= 4 is 23.2 Å². The average molecular weight is 306 g/mol. The minimum atomic E-state index is -0.190. The van der Waals surface area contributed by atoms with Gasteiger partial charge in [0.2, 0.25) is 0 Å². The Labute approximate surface area is 127 Å². The summed E-state index contributed by atoms with van der Waals surface area (Å²) in [4.78, 5) is 14.3. The van der Waals surface area contributed by atoms with Crippen LogP contribution in [0.2, 0.25) is 5.02 Å². The van der Waals surface area contributed by atoms with Crippen LogP contribution in [0.3, 0.4) is 0 Å². The normalized spacial score (nSPS) is 18.0. The number of amides is 1. The molecule has 6 heteroatoms. The number of carbonyl (C=O) groups excluding carboxylic acids is 1. The fourth-order valence-electron chi connectivity index (χ4n) is 2.52. The minimum absolute atomic E-state index is 0.105. The van der Waals surface area contributed by atoms with Gasteiger partial charge in [-0.2, -0.15) is 0 Å². The molecule has 1 fully saturated rings. The number of hydrogen-bond acceptors (Lipinski definition) is 4. The van der Waals surface area contributed by atoms with Crippen LogP contribution in [0.1, 0.15) is 22.7 Å². The van der Waals surface area contributed by atoms with E-state index in [1.165, 1.54) is 0 Å². The summed E-state index contributed by atoms with van der Waals surface area (Å²) in [6.45, 7) is 3.42. The average Bonchev–Trinajstić information content (AvgIpc) is 3.08. The number of rotatable bonds is 3. The number of hydrogen-bond donors (Lipinski definition) is 1. The molecule has 1 aliphatic heterocycles. The largest absolute Gasteiger partial charge is 0.369 e. The van der Waals surface area contributed by atoms with E-state index in [0.717, 1.165) is 30.2 Å². The van der Waals surface area contributed by atoms with Crippen molar-refractivity contribution in [3.05, 3.63) is 46.8 Å². The smallest absolute Gasteiger partial charge is 0.273 e. The number of aromatic nitrogens is 1. The standard InChI is InChI=1S/C15H16ClN3O2/c1-10-7-14(18-21-10)15(20)17-12-5-6-19(9-12)13-4-2-3-11(16)8-13/h2-4,7-8,12H,5-6,9H2,1H3,(H,17,20)/t12-/m1/s1. The van der Waals surface area contributed by atoms with Crippen LogP contribution in [0.25, 0.3) is 0 Å². The molecule has 2 heterocycles. The molecule has 21 heavy (non-hydrogen) atoms. The molecule has 1 aliphatic rings. The van der Waals surface area contributed by atoms with E-state index in [4.69, 9.17) is 16.1 Å². The van der Waals surface area contributed by atoms with Crippen LogP contribution < -0.4 is 10.2 Å². The molecular formula is C15H16ClN3O2. The second-order valence-electron chi connectivity index (χ2n) is 5.21. The lowest BCUT2D eigenvalue weighted by Gasteiger charge is -2.19. The molecule has 0 unspecified atom stereocenters. The quantitative estimate of drug-likeness (QED) is 0.947. The lowest BCUT2D eigenvalue weighted by atomic mass is 10.2. The maximum atomic E-state index is 12.0. The number of carbonyl (C=O) groups is 1. The summed E-state index contributed by atoms with van der Waals surface area (Å²) in [7, 11) is 0. The Bertz CT molecular complexity index is 656. The summed E-state index contributed by atoms with van der Waals surface area (Å²) in [6, 6.07) is 9.49. The molecule has 1 saturated heterocycles. The Hall–Kier alpha value is -2.01. The van der Waals surface area contributed by atoms with Crippen molar-refractivity contribution < 1.29 is 9.32 Å². The van der Waals surface area contributed by atoms with Gasteiger partial charge in [0.05, 0.1) is 0 Å². The number of halogens is 1. The summed E-state index contributed by atoms with van der Waals surface area (Å²) in [5.41, 5.74) is 1.41. The molecule has 1 amide bonds. The van der Waals surface area contributed by atoms with E-state index in [1.807, 2.05) is 24.3 Å². The fourth-order valence-corrected chi connectivity index (χ4v) is 2.70. The molecule has 2 aromatic rings. The van der Waals surface area contributed by atoms with E-state index in [0.29, 0.717) is 11.5 Å². The summed E-state index contributed by atoms with van der Waals surface area (Å²) >= 11 is 6.01. The van der Waals surface area contributed by atoms with Gasteiger partial charge < -0.3 is 14.7 Å². The van der Waals surface area contributed by atoms with E-state index < -0.39 is 0 Å². The Morgan fingerprint density at radius 2 is 2.33 bits per heavy atom. The molecule has 1 atom stereocenters. The van der Waals surface area contributed by atoms with Gasteiger partial charge in [0.15, 0.2) is 5.69 Å². The second-order valence-corrected chi connectivity index (χ2v) is 5.64. The maximum Gasteiger partial charge on any atom is 0.273 e. The highest BCUT2D eigenvalue weighted by atomic mass is 35.5. The molecule has 1 aromatic heterocycles. The third-order valence-corrected chi connectivity index (χ3v) is 3.79. The van der Waals surface area contributed by atoms with Crippen LogP contribution in [0, 0.1) is 6.92 Å². The van der Waals surface area contributed by atoms with Gasteiger partial charge in [0.25, 0.3) is 5.91 Å². The van der Waals surface area contributed by atoms with Gasteiger partial charge in [0, 0.05) is 35.9 Å². The van der Waals surface area contributed by atoms with E-state index >= 15 is 0 Å². The van der Waals surface area contributed by atoms with Crippen molar-refractivity contribution in [2.24, 2.45) is 0 Å². The second kappa shape index (κ2) is 5.77. The zero-order valence-electron chi connectivity index (χ0n) is 11.7. The first-order valence-corrected chi connectivity index (χ1v) is 7.24. The maximum absolute atomic E-state index is 12.0. The van der Waals surface area contributed by atoms with Gasteiger partial charge in [-0.3, -0.25) is 4.79 Å². The topological polar surface area (TPSA) is 58.4 Å². The molecule has 0 radical (unpaired) electrons. The zero-order chi connectivity index (χ0) is 14.8. The van der Waals surface area contributed by atoms with Crippen molar-refractivity contribution in [3.8, 4) is 0 Å². The van der Waals surface area contributed by atoms with E-state index in [9.17, 15) is 4.79 Å². The van der Waals surface area contributed by atoms with Crippen molar-refractivity contribution in [1.29, 1.82) is 0 Å².